The Kier molecular flexibility index (Phi) is 5.46. The Morgan fingerprint density at radius 1 is 1.15 bits per heavy atom. The van der Waals surface area contributed by atoms with Crippen molar-refractivity contribution in [1.29, 1.82) is 0 Å². The summed E-state index contributed by atoms with van der Waals surface area (Å²) in [5.74, 6) is -0.208. The molecular weight excluding hydrogens is 293 g/mol. The number of nitrogens with one attached hydrogen (secondary N) is 1. The van der Waals surface area contributed by atoms with Crippen LogP contribution in [-0.4, -0.2) is 6.04 Å². The quantitative estimate of drug-likeness (QED) is 0.822. The van der Waals surface area contributed by atoms with Crippen molar-refractivity contribution in [2.45, 2.75) is 36.2 Å². The van der Waals surface area contributed by atoms with Gasteiger partial charge >= 0.3 is 0 Å². The average molecular weight is 310 g/mol. The number of rotatable bonds is 5. The van der Waals surface area contributed by atoms with Gasteiger partial charge in [0.05, 0.1) is 0 Å². The van der Waals surface area contributed by atoms with Gasteiger partial charge in [0.25, 0.3) is 0 Å². The first-order valence-electron chi connectivity index (χ1n) is 6.50. The lowest BCUT2D eigenvalue weighted by Crippen LogP contribution is -2.22. The Balaban J connectivity index is 2.25. The summed E-state index contributed by atoms with van der Waals surface area (Å²) in [6, 6.07) is 12.9. The van der Waals surface area contributed by atoms with E-state index in [9.17, 15) is 4.39 Å². The number of hydrogen-bond donors (Lipinski definition) is 1. The van der Waals surface area contributed by atoms with Crippen LogP contribution in [0.5, 0.6) is 0 Å². The third-order valence-corrected chi connectivity index (χ3v) is 4.17. The van der Waals surface area contributed by atoms with Crippen LogP contribution in [0.25, 0.3) is 0 Å². The molecule has 0 fully saturated rings. The topological polar surface area (TPSA) is 12.0 Å². The molecule has 0 radical (unpaired) electrons. The van der Waals surface area contributed by atoms with Gasteiger partial charge in [0.1, 0.15) is 5.82 Å². The molecular formula is C16H17ClFNS. The molecule has 0 atom stereocenters. The Hall–Kier alpha value is -1.03. The fourth-order valence-electron chi connectivity index (χ4n) is 1.73. The second-order valence-corrected chi connectivity index (χ2v) is 6.34. The van der Waals surface area contributed by atoms with Crippen LogP contribution in [-0.2, 0) is 6.54 Å². The maximum absolute atomic E-state index is 13.8. The lowest BCUT2D eigenvalue weighted by Gasteiger charge is -2.13. The zero-order chi connectivity index (χ0) is 14.5. The van der Waals surface area contributed by atoms with E-state index in [4.69, 9.17) is 11.6 Å². The minimum atomic E-state index is -0.208. The molecule has 1 nitrogen and oxygen atoms in total. The SMILES string of the molecule is CC(C)NCc1ccc(Cl)cc1Sc1ccccc1F. The van der Waals surface area contributed by atoms with E-state index in [0.717, 1.165) is 17.0 Å². The van der Waals surface area contributed by atoms with Gasteiger partial charge in [-0.3, -0.25) is 0 Å². The van der Waals surface area contributed by atoms with Gasteiger partial charge in [0.15, 0.2) is 0 Å². The first kappa shape index (κ1) is 15.4. The van der Waals surface area contributed by atoms with Gasteiger partial charge in [-0.05, 0) is 29.8 Å². The lowest BCUT2D eigenvalue weighted by molar-refractivity contribution is 0.584. The first-order valence-corrected chi connectivity index (χ1v) is 7.70. The van der Waals surface area contributed by atoms with Crippen LogP contribution >= 0.6 is 23.4 Å². The molecule has 0 spiro atoms. The van der Waals surface area contributed by atoms with Gasteiger partial charge in [-0.1, -0.05) is 55.4 Å². The van der Waals surface area contributed by atoms with Crippen LogP contribution < -0.4 is 5.32 Å². The van der Waals surface area contributed by atoms with Gasteiger partial charge in [-0.2, -0.15) is 0 Å². The lowest BCUT2D eigenvalue weighted by atomic mass is 10.2. The summed E-state index contributed by atoms with van der Waals surface area (Å²) in [5.41, 5.74) is 1.12. The third-order valence-electron chi connectivity index (χ3n) is 2.79. The summed E-state index contributed by atoms with van der Waals surface area (Å²) in [7, 11) is 0. The fraction of sp³-hybridized carbons (Fsp3) is 0.250. The van der Waals surface area contributed by atoms with Gasteiger partial charge in [-0.15, -0.1) is 0 Å². The summed E-state index contributed by atoms with van der Waals surface area (Å²) in [6.07, 6.45) is 0. The van der Waals surface area contributed by atoms with Gasteiger partial charge in [0.2, 0.25) is 0 Å². The molecule has 2 aromatic carbocycles. The highest BCUT2D eigenvalue weighted by Gasteiger charge is 2.09. The molecule has 0 aliphatic rings. The van der Waals surface area contributed by atoms with E-state index >= 15 is 0 Å². The Morgan fingerprint density at radius 2 is 1.90 bits per heavy atom. The summed E-state index contributed by atoms with van der Waals surface area (Å²) in [5, 5.41) is 4.04. The molecule has 0 unspecified atom stereocenters. The highest BCUT2D eigenvalue weighted by molar-refractivity contribution is 7.99. The second kappa shape index (κ2) is 7.11. The van der Waals surface area contributed by atoms with Gasteiger partial charge < -0.3 is 5.32 Å². The van der Waals surface area contributed by atoms with E-state index in [1.807, 2.05) is 24.3 Å². The van der Waals surface area contributed by atoms with E-state index in [0.29, 0.717) is 16.0 Å². The average Bonchev–Trinajstić information content (AvgIpc) is 2.40. The van der Waals surface area contributed by atoms with Crippen molar-refractivity contribution >= 4 is 23.4 Å². The van der Waals surface area contributed by atoms with Crippen LogP contribution in [0.2, 0.25) is 5.02 Å². The third kappa shape index (κ3) is 4.23. The van der Waals surface area contributed by atoms with E-state index in [1.165, 1.54) is 17.8 Å². The van der Waals surface area contributed by atoms with Crippen LogP contribution in [0.3, 0.4) is 0 Å². The summed E-state index contributed by atoms with van der Waals surface area (Å²) in [6.45, 7) is 4.94. The Labute approximate surface area is 128 Å². The molecule has 0 heterocycles. The minimum absolute atomic E-state index is 0.208. The van der Waals surface area contributed by atoms with Crippen molar-refractivity contribution < 1.29 is 4.39 Å². The molecule has 2 aromatic rings. The Morgan fingerprint density at radius 3 is 2.60 bits per heavy atom. The maximum Gasteiger partial charge on any atom is 0.137 e. The molecule has 2 rings (SSSR count). The minimum Gasteiger partial charge on any atom is -0.310 e. The van der Waals surface area contributed by atoms with Crippen LogP contribution in [0.1, 0.15) is 19.4 Å². The predicted molar refractivity (Wildman–Crippen MR) is 84.0 cm³/mol. The predicted octanol–water partition coefficient (Wildman–Crippen LogP) is 5.13. The highest BCUT2D eigenvalue weighted by atomic mass is 35.5. The molecule has 0 aliphatic heterocycles. The molecule has 4 heteroatoms. The molecule has 0 bridgehead atoms. The highest BCUT2D eigenvalue weighted by Crippen LogP contribution is 2.33. The molecule has 106 valence electrons. The molecule has 0 saturated heterocycles. The van der Waals surface area contributed by atoms with Gasteiger partial charge in [-0.25, -0.2) is 4.39 Å². The Bertz CT molecular complexity index is 586. The van der Waals surface area contributed by atoms with Crippen molar-refractivity contribution in [3.8, 4) is 0 Å². The van der Waals surface area contributed by atoms with Crippen LogP contribution in [0.4, 0.5) is 4.39 Å². The van der Waals surface area contributed by atoms with E-state index < -0.39 is 0 Å². The number of benzene rings is 2. The number of hydrogen-bond acceptors (Lipinski definition) is 2. The summed E-state index contributed by atoms with van der Waals surface area (Å²) >= 11 is 7.47. The van der Waals surface area contributed by atoms with E-state index in [-0.39, 0.29) is 5.82 Å². The van der Waals surface area contributed by atoms with Crippen molar-refractivity contribution in [1.82, 2.24) is 5.32 Å². The molecule has 1 N–H and O–H groups in total. The molecule has 0 aliphatic carbocycles. The normalized spacial score (nSPS) is 11.1. The molecule has 20 heavy (non-hydrogen) atoms. The van der Waals surface area contributed by atoms with Crippen LogP contribution in [0, 0.1) is 5.82 Å². The maximum atomic E-state index is 13.8. The zero-order valence-corrected chi connectivity index (χ0v) is 13.1. The standard InChI is InChI=1S/C16H17ClFNS/c1-11(2)19-10-12-7-8-13(17)9-16(12)20-15-6-4-3-5-14(15)18/h3-9,11,19H,10H2,1-2H3. The largest absolute Gasteiger partial charge is 0.310 e. The summed E-state index contributed by atoms with van der Waals surface area (Å²) < 4.78 is 13.8. The smallest absolute Gasteiger partial charge is 0.137 e. The van der Waals surface area contributed by atoms with Gasteiger partial charge in [0, 0.05) is 27.4 Å². The summed E-state index contributed by atoms with van der Waals surface area (Å²) in [4.78, 5) is 1.59. The van der Waals surface area contributed by atoms with E-state index in [1.54, 1.807) is 12.1 Å². The molecule has 0 saturated carbocycles. The fourth-order valence-corrected chi connectivity index (χ4v) is 2.97. The molecule has 0 aromatic heterocycles. The molecule has 0 amide bonds. The van der Waals surface area contributed by atoms with Crippen LogP contribution in [0.15, 0.2) is 52.3 Å². The monoisotopic (exact) mass is 309 g/mol. The van der Waals surface area contributed by atoms with Crippen molar-refractivity contribution in [3.63, 3.8) is 0 Å². The van der Waals surface area contributed by atoms with Crippen molar-refractivity contribution in [3.05, 3.63) is 58.9 Å². The second-order valence-electron chi connectivity index (χ2n) is 4.82. The zero-order valence-electron chi connectivity index (χ0n) is 11.5. The van der Waals surface area contributed by atoms with Crippen molar-refractivity contribution in [2.24, 2.45) is 0 Å². The van der Waals surface area contributed by atoms with Crippen molar-refractivity contribution in [2.75, 3.05) is 0 Å². The van der Waals surface area contributed by atoms with E-state index in [2.05, 4.69) is 19.2 Å². The number of halogens is 2. The first-order chi connectivity index (χ1) is 9.56.